The molecule has 2 heterocycles. The molecule has 114 valence electrons. The van der Waals surface area contributed by atoms with Crippen molar-refractivity contribution in [3.05, 3.63) is 39.6 Å². The summed E-state index contributed by atoms with van der Waals surface area (Å²) in [6.45, 7) is 7.09. The summed E-state index contributed by atoms with van der Waals surface area (Å²) in [5, 5.41) is 0. The average molecular weight is 287 g/mol. The molecule has 0 aromatic carbocycles. The van der Waals surface area contributed by atoms with Crippen LogP contribution in [-0.2, 0) is 13.0 Å². The van der Waals surface area contributed by atoms with Crippen LogP contribution < -0.4 is 5.56 Å². The summed E-state index contributed by atoms with van der Waals surface area (Å²) in [7, 11) is 0. The van der Waals surface area contributed by atoms with Crippen LogP contribution in [0.4, 0.5) is 0 Å². The molecule has 0 fully saturated rings. The minimum atomic E-state index is 0.0731. The lowest BCUT2D eigenvalue weighted by atomic mass is 9.93. The van der Waals surface area contributed by atoms with Gasteiger partial charge in [-0.15, -0.1) is 0 Å². The number of fused-ring (bicyclic) bond motifs is 1. The fourth-order valence-corrected chi connectivity index (χ4v) is 3.33. The summed E-state index contributed by atoms with van der Waals surface area (Å²) in [6, 6.07) is 0. The molecule has 4 heteroatoms. The van der Waals surface area contributed by atoms with Gasteiger partial charge in [0.15, 0.2) is 0 Å². The second kappa shape index (κ2) is 6.14. The topological polar surface area (TPSA) is 49.0 Å². The number of nitrogens with one attached hydrogen (secondary N) is 1. The van der Waals surface area contributed by atoms with Crippen LogP contribution in [0.5, 0.6) is 0 Å². The number of allylic oxidation sites excluding steroid dienone is 2. The molecule has 4 nitrogen and oxygen atoms in total. The molecule has 0 spiro atoms. The molecule has 1 aliphatic heterocycles. The molecule has 1 aromatic rings. The van der Waals surface area contributed by atoms with E-state index >= 15 is 0 Å². The number of hydrogen-bond donors (Lipinski definition) is 1. The van der Waals surface area contributed by atoms with Crippen molar-refractivity contribution in [1.82, 2.24) is 14.9 Å². The largest absolute Gasteiger partial charge is 0.310 e. The Hall–Kier alpha value is -1.42. The summed E-state index contributed by atoms with van der Waals surface area (Å²) in [4.78, 5) is 22.3. The van der Waals surface area contributed by atoms with Crippen LogP contribution >= 0.6 is 0 Å². The summed E-state index contributed by atoms with van der Waals surface area (Å²) in [5.74, 6) is 1.85. The maximum Gasteiger partial charge on any atom is 0.254 e. The van der Waals surface area contributed by atoms with E-state index in [2.05, 4.69) is 35.9 Å². The molecule has 0 saturated carbocycles. The molecule has 1 aromatic heterocycles. The number of H-pyrrole nitrogens is 1. The van der Waals surface area contributed by atoms with Gasteiger partial charge in [-0.3, -0.25) is 9.69 Å². The fourth-order valence-electron chi connectivity index (χ4n) is 3.33. The highest BCUT2D eigenvalue weighted by Gasteiger charge is 2.23. The molecule has 3 rings (SSSR count). The minimum absolute atomic E-state index is 0.0731. The monoisotopic (exact) mass is 287 g/mol. The van der Waals surface area contributed by atoms with Crippen molar-refractivity contribution in [2.75, 3.05) is 13.1 Å². The third kappa shape index (κ3) is 3.26. The highest BCUT2D eigenvalue weighted by atomic mass is 16.1. The van der Waals surface area contributed by atoms with Crippen molar-refractivity contribution in [3.63, 3.8) is 0 Å². The molecule has 0 radical (unpaired) electrons. The number of hydrogen-bond acceptors (Lipinski definition) is 3. The highest BCUT2D eigenvalue weighted by Crippen LogP contribution is 2.22. The lowest BCUT2D eigenvalue weighted by Gasteiger charge is -2.31. The lowest BCUT2D eigenvalue weighted by Crippen LogP contribution is -2.38. The van der Waals surface area contributed by atoms with Gasteiger partial charge < -0.3 is 4.98 Å². The van der Waals surface area contributed by atoms with Crippen molar-refractivity contribution < 1.29 is 0 Å². The van der Waals surface area contributed by atoms with Gasteiger partial charge in [0, 0.05) is 31.1 Å². The van der Waals surface area contributed by atoms with E-state index < -0.39 is 0 Å². The van der Waals surface area contributed by atoms with Gasteiger partial charge in [-0.2, -0.15) is 0 Å². The molecule has 0 bridgehead atoms. The zero-order valence-corrected chi connectivity index (χ0v) is 13.1. The van der Waals surface area contributed by atoms with Crippen LogP contribution in [0.3, 0.4) is 0 Å². The van der Waals surface area contributed by atoms with Crippen LogP contribution in [0.2, 0.25) is 0 Å². The Morgan fingerprint density at radius 3 is 3.00 bits per heavy atom. The third-order valence-corrected chi connectivity index (χ3v) is 4.61. The summed E-state index contributed by atoms with van der Waals surface area (Å²) in [5.41, 5.74) is 1.98. The van der Waals surface area contributed by atoms with Gasteiger partial charge in [-0.25, -0.2) is 4.98 Å². The smallest absolute Gasteiger partial charge is 0.254 e. The van der Waals surface area contributed by atoms with E-state index in [4.69, 9.17) is 4.98 Å². The fraction of sp³-hybridized carbons (Fsp3) is 0.647. The molecular formula is C17H25N3O. The Morgan fingerprint density at radius 2 is 2.29 bits per heavy atom. The predicted octanol–water partition coefficient (Wildman–Crippen LogP) is 2.61. The van der Waals surface area contributed by atoms with E-state index in [9.17, 15) is 4.79 Å². The van der Waals surface area contributed by atoms with E-state index in [0.717, 1.165) is 49.1 Å². The van der Waals surface area contributed by atoms with Crippen LogP contribution in [0.1, 0.15) is 56.1 Å². The summed E-state index contributed by atoms with van der Waals surface area (Å²) in [6.07, 6.45) is 9.14. The molecule has 0 amide bonds. The van der Waals surface area contributed by atoms with Gasteiger partial charge in [0.05, 0.1) is 5.69 Å². The molecule has 1 N–H and O–H groups in total. The van der Waals surface area contributed by atoms with Crippen molar-refractivity contribution >= 4 is 0 Å². The van der Waals surface area contributed by atoms with Crippen molar-refractivity contribution in [2.24, 2.45) is 5.92 Å². The van der Waals surface area contributed by atoms with E-state index in [1.54, 1.807) is 0 Å². The normalized spacial score (nSPS) is 22.5. The Balaban J connectivity index is 1.74. The van der Waals surface area contributed by atoms with Crippen LogP contribution in [0.25, 0.3) is 0 Å². The zero-order chi connectivity index (χ0) is 14.8. The van der Waals surface area contributed by atoms with Crippen LogP contribution in [0.15, 0.2) is 16.9 Å². The quantitative estimate of drug-likeness (QED) is 0.869. The standard InChI is InChI=1S/C17H25N3O/c1-12(2)16-18-15-11-20(9-8-14(15)17(21)19-16)10-13-6-4-3-5-7-13/h3-4,12-13H,5-11H2,1-2H3,(H,18,19,21). The Kier molecular flexibility index (Phi) is 4.24. The second-order valence-electron chi connectivity index (χ2n) is 6.67. The van der Waals surface area contributed by atoms with Crippen molar-refractivity contribution in [2.45, 2.75) is 52.0 Å². The zero-order valence-electron chi connectivity index (χ0n) is 13.1. The first-order valence-corrected chi connectivity index (χ1v) is 8.13. The highest BCUT2D eigenvalue weighted by molar-refractivity contribution is 5.21. The molecule has 2 aliphatic rings. The third-order valence-electron chi connectivity index (χ3n) is 4.61. The van der Waals surface area contributed by atoms with Crippen LogP contribution in [0, 0.1) is 5.92 Å². The van der Waals surface area contributed by atoms with E-state index in [-0.39, 0.29) is 11.5 Å². The first kappa shape index (κ1) is 14.5. The van der Waals surface area contributed by atoms with Gasteiger partial charge in [-0.1, -0.05) is 26.0 Å². The molecule has 1 aliphatic carbocycles. The van der Waals surface area contributed by atoms with Gasteiger partial charge in [0.2, 0.25) is 0 Å². The molecule has 1 unspecified atom stereocenters. The maximum atomic E-state index is 12.2. The summed E-state index contributed by atoms with van der Waals surface area (Å²) < 4.78 is 0. The SMILES string of the molecule is CC(C)c1nc2c(c(=O)[nH]1)CCN(CC1CC=CCC1)C2. The van der Waals surface area contributed by atoms with Gasteiger partial charge in [-0.05, 0) is 31.6 Å². The first-order valence-electron chi connectivity index (χ1n) is 8.13. The first-order chi connectivity index (χ1) is 10.1. The number of nitrogens with zero attached hydrogens (tertiary/aromatic N) is 2. The number of aromatic nitrogens is 2. The molecule has 0 saturated heterocycles. The van der Waals surface area contributed by atoms with Crippen molar-refractivity contribution in [3.8, 4) is 0 Å². The van der Waals surface area contributed by atoms with E-state index in [0.29, 0.717) is 0 Å². The average Bonchev–Trinajstić information content (AvgIpc) is 2.48. The van der Waals surface area contributed by atoms with Crippen molar-refractivity contribution in [1.29, 1.82) is 0 Å². The summed E-state index contributed by atoms with van der Waals surface area (Å²) >= 11 is 0. The molecule has 21 heavy (non-hydrogen) atoms. The van der Waals surface area contributed by atoms with Gasteiger partial charge in [0.1, 0.15) is 5.82 Å². The minimum Gasteiger partial charge on any atom is -0.310 e. The number of rotatable bonds is 3. The van der Waals surface area contributed by atoms with Gasteiger partial charge >= 0.3 is 0 Å². The molecule has 1 atom stereocenters. The lowest BCUT2D eigenvalue weighted by molar-refractivity contribution is 0.202. The van der Waals surface area contributed by atoms with E-state index in [1.165, 1.54) is 19.3 Å². The van der Waals surface area contributed by atoms with E-state index in [1.807, 2.05) is 0 Å². The van der Waals surface area contributed by atoms with Gasteiger partial charge in [0.25, 0.3) is 5.56 Å². The molecular weight excluding hydrogens is 262 g/mol. The number of aromatic amines is 1. The Morgan fingerprint density at radius 1 is 1.43 bits per heavy atom. The Bertz CT molecular complexity index is 588. The Labute approximate surface area is 126 Å². The predicted molar refractivity (Wildman–Crippen MR) is 84.4 cm³/mol. The maximum absolute atomic E-state index is 12.2. The van der Waals surface area contributed by atoms with Crippen LogP contribution in [-0.4, -0.2) is 28.0 Å². The second-order valence-corrected chi connectivity index (χ2v) is 6.67.